The average molecular weight is 589 g/mol. The molecule has 0 fully saturated rings. The second kappa shape index (κ2) is 8.47. The van der Waals surface area contributed by atoms with E-state index >= 15 is 0 Å². The molecular weight excluding hydrogens is 567 g/mol. The molecule has 204 valence electrons. The Hall–Kier alpha value is -5.64. The molecule has 0 atom stereocenters. The summed E-state index contributed by atoms with van der Waals surface area (Å²) in [4.78, 5) is 0. The predicted octanol–water partition coefficient (Wildman–Crippen LogP) is 7.94. The highest BCUT2D eigenvalue weighted by atomic mass is 35.5. The van der Waals surface area contributed by atoms with Crippen LogP contribution in [0, 0.1) is 11.3 Å². The molecule has 44 heavy (non-hydrogen) atoms. The molecule has 0 unspecified atom stereocenters. The number of nitriles is 1. The van der Waals surface area contributed by atoms with Gasteiger partial charge in [0.2, 0.25) is 0 Å². The van der Waals surface area contributed by atoms with Crippen LogP contribution in [0.15, 0.2) is 114 Å². The number of rotatable bonds is 1. The van der Waals surface area contributed by atoms with Crippen LogP contribution in [-0.4, -0.2) is 11.3 Å². The van der Waals surface area contributed by atoms with Crippen molar-refractivity contribution < 1.29 is 19.4 Å². The lowest BCUT2D eigenvalue weighted by molar-refractivity contribution is 0.462. The molecule has 0 amide bonds. The minimum Gasteiger partial charge on any atom is -0.458 e. The van der Waals surface area contributed by atoms with Crippen LogP contribution in [-0.2, 0) is 0 Å². The fraction of sp³-hybridized carbons (Fsp3) is 0. The van der Waals surface area contributed by atoms with E-state index in [4.69, 9.17) is 31.0 Å². The van der Waals surface area contributed by atoms with Crippen LogP contribution in [0.2, 0.25) is 5.02 Å². The number of nitrogens with zero attached hydrogens (tertiary/aromatic N) is 2. The summed E-state index contributed by atoms with van der Waals surface area (Å²) in [7, 11) is 0. The standard InChI is InChI=1S/C37H18BClN2O3/c39-21-15-33-35-34(16-21)44-37-26(14-13-24-23-9-3-6-12-31(23)43-36(24)37)38(35)27-17-25-22-8-2-5-11-29(22)41(30(25)18-32(27)42-33)28-10-4-1-7-20(28)19-40/h1-18H/i3D,6D,9D,12D. The van der Waals surface area contributed by atoms with Crippen LogP contribution in [0.4, 0.5) is 0 Å². The lowest BCUT2D eigenvalue weighted by Crippen LogP contribution is -2.57. The van der Waals surface area contributed by atoms with E-state index in [9.17, 15) is 5.26 Å². The lowest BCUT2D eigenvalue weighted by Gasteiger charge is -2.33. The van der Waals surface area contributed by atoms with Crippen molar-refractivity contribution >= 4 is 78.4 Å². The highest BCUT2D eigenvalue weighted by molar-refractivity contribution is 6.98. The fourth-order valence-electron chi connectivity index (χ4n) is 6.96. The fourth-order valence-corrected chi connectivity index (χ4v) is 7.15. The highest BCUT2D eigenvalue weighted by Crippen LogP contribution is 2.43. The summed E-state index contributed by atoms with van der Waals surface area (Å²) >= 11 is 6.62. The zero-order chi connectivity index (χ0) is 32.6. The van der Waals surface area contributed by atoms with Gasteiger partial charge in [0.1, 0.15) is 28.9 Å². The Balaban J connectivity index is 1.29. The van der Waals surface area contributed by atoms with Crippen LogP contribution in [0.25, 0.3) is 49.4 Å². The van der Waals surface area contributed by atoms with E-state index in [0.717, 1.165) is 43.9 Å². The third kappa shape index (κ3) is 3.04. The summed E-state index contributed by atoms with van der Waals surface area (Å²) < 4.78 is 55.0. The van der Waals surface area contributed by atoms with E-state index in [1.54, 1.807) is 12.1 Å². The molecule has 4 heterocycles. The Morgan fingerprint density at radius 3 is 2.48 bits per heavy atom. The number of hydrogen-bond donors (Lipinski definition) is 0. The van der Waals surface area contributed by atoms with Gasteiger partial charge in [-0.1, -0.05) is 78.3 Å². The smallest absolute Gasteiger partial charge is 0.260 e. The molecule has 10 rings (SSSR count). The largest absolute Gasteiger partial charge is 0.458 e. The summed E-state index contributed by atoms with van der Waals surface area (Å²) in [5, 5.41) is 13.3. The van der Waals surface area contributed by atoms with Crippen molar-refractivity contribution in [1.29, 1.82) is 5.26 Å². The van der Waals surface area contributed by atoms with Crippen LogP contribution < -0.4 is 25.9 Å². The van der Waals surface area contributed by atoms with E-state index in [2.05, 4.69) is 22.8 Å². The van der Waals surface area contributed by atoms with Crippen molar-refractivity contribution in [2.75, 3.05) is 0 Å². The predicted molar refractivity (Wildman–Crippen MR) is 175 cm³/mol. The molecule has 0 saturated heterocycles. The lowest BCUT2D eigenvalue weighted by atomic mass is 9.34. The minimum atomic E-state index is -0.359. The van der Waals surface area contributed by atoms with Crippen LogP contribution >= 0.6 is 11.6 Å². The number of halogens is 1. The quantitative estimate of drug-likeness (QED) is 0.183. The maximum Gasteiger partial charge on any atom is 0.260 e. The number of aromatic nitrogens is 1. The number of fused-ring (bicyclic) bond motifs is 11. The zero-order valence-electron chi connectivity index (χ0n) is 26.7. The molecule has 6 aromatic carbocycles. The van der Waals surface area contributed by atoms with Gasteiger partial charge in [0.05, 0.1) is 27.8 Å². The minimum absolute atomic E-state index is 0.0742. The van der Waals surface area contributed by atoms with Gasteiger partial charge in [-0.25, -0.2) is 0 Å². The molecule has 2 aliphatic heterocycles. The van der Waals surface area contributed by atoms with Gasteiger partial charge >= 0.3 is 0 Å². The third-order valence-corrected chi connectivity index (χ3v) is 8.97. The number of benzene rings is 6. The first-order valence-corrected chi connectivity index (χ1v) is 14.4. The van der Waals surface area contributed by atoms with Crippen molar-refractivity contribution in [2.24, 2.45) is 0 Å². The maximum atomic E-state index is 10.0. The molecule has 2 aliphatic rings. The summed E-state index contributed by atoms with van der Waals surface area (Å²) in [6, 6.07) is 28.3. The van der Waals surface area contributed by atoms with Crippen LogP contribution in [0.1, 0.15) is 11.0 Å². The second-order valence-corrected chi connectivity index (χ2v) is 11.4. The highest BCUT2D eigenvalue weighted by Gasteiger charge is 2.42. The van der Waals surface area contributed by atoms with Gasteiger partial charge in [0, 0.05) is 38.1 Å². The molecule has 0 N–H and O–H groups in total. The molecule has 7 heteroatoms. The summed E-state index contributed by atoms with van der Waals surface area (Å²) in [6.45, 7) is -0.347. The summed E-state index contributed by atoms with van der Waals surface area (Å²) in [6.07, 6.45) is 0. The first-order chi connectivity index (χ1) is 23.3. The maximum absolute atomic E-state index is 10.0. The van der Waals surface area contributed by atoms with Gasteiger partial charge < -0.3 is 18.5 Å². The Labute approximate surface area is 261 Å². The van der Waals surface area contributed by atoms with Crippen LogP contribution in [0.3, 0.4) is 0 Å². The van der Waals surface area contributed by atoms with Crippen molar-refractivity contribution in [3.63, 3.8) is 0 Å². The van der Waals surface area contributed by atoms with E-state index in [1.165, 1.54) is 0 Å². The molecule has 5 nitrogen and oxygen atoms in total. The molecular formula is C37H18BClN2O3. The van der Waals surface area contributed by atoms with E-state index in [0.29, 0.717) is 49.9 Å². The number of furan rings is 1. The number of ether oxygens (including phenoxy) is 2. The van der Waals surface area contributed by atoms with Gasteiger partial charge in [-0.3, -0.25) is 0 Å². The molecule has 0 spiro atoms. The zero-order valence-corrected chi connectivity index (χ0v) is 23.4. The third-order valence-electron chi connectivity index (χ3n) is 8.75. The van der Waals surface area contributed by atoms with Crippen molar-refractivity contribution in [2.45, 2.75) is 0 Å². The van der Waals surface area contributed by atoms with Gasteiger partial charge in [-0.15, -0.1) is 0 Å². The molecule has 0 bridgehead atoms. The van der Waals surface area contributed by atoms with E-state index in [1.807, 2.05) is 60.7 Å². The van der Waals surface area contributed by atoms with Crippen LogP contribution in [0.5, 0.6) is 23.0 Å². The number of hydrogen-bond acceptors (Lipinski definition) is 4. The number of para-hydroxylation sites is 3. The topological polar surface area (TPSA) is 60.3 Å². The van der Waals surface area contributed by atoms with Crippen molar-refractivity contribution in [1.82, 2.24) is 4.57 Å². The van der Waals surface area contributed by atoms with Crippen molar-refractivity contribution in [3.05, 3.63) is 120 Å². The van der Waals surface area contributed by atoms with Gasteiger partial charge in [-0.05, 0) is 47.3 Å². The molecule has 0 radical (unpaired) electrons. The molecule has 8 aromatic rings. The normalized spacial score (nSPS) is 14.2. The van der Waals surface area contributed by atoms with Gasteiger partial charge in [-0.2, -0.15) is 5.26 Å². The summed E-state index contributed by atoms with van der Waals surface area (Å²) in [5.74, 6) is 2.11. The van der Waals surface area contributed by atoms with E-state index < -0.39 is 0 Å². The monoisotopic (exact) mass is 588 g/mol. The molecule has 0 saturated carbocycles. The SMILES string of the molecule is [2H]c1c([2H])c([2H])c2c(oc3c4c(ccc32)B2c3cc5c6ccccc6n(-c6ccccc6C#N)c5cc3Oc3cc(Cl)cc(c32)O4)c1[2H]. The Morgan fingerprint density at radius 2 is 1.57 bits per heavy atom. The molecule has 0 aliphatic carbocycles. The van der Waals surface area contributed by atoms with Gasteiger partial charge in [0.15, 0.2) is 11.3 Å². The second-order valence-electron chi connectivity index (χ2n) is 11.0. The van der Waals surface area contributed by atoms with Gasteiger partial charge in [0.25, 0.3) is 6.71 Å². The average Bonchev–Trinajstić information content (AvgIpc) is 3.65. The van der Waals surface area contributed by atoms with E-state index in [-0.39, 0.29) is 36.5 Å². The first-order valence-electron chi connectivity index (χ1n) is 16.0. The first kappa shape index (κ1) is 20.3. The molecule has 2 aromatic heterocycles. The Kier molecular flexibility index (Phi) is 3.91. The Bertz CT molecular complexity index is 2840. The van der Waals surface area contributed by atoms with Crippen molar-refractivity contribution in [3.8, 4) is 34.8 Å². The Morgan fingerprint density at radius 1 is 0.750 bits per heavy atom. The summed E-state index contributed by atoms with van der Waals surface area (Å²) in [5.41, 5.74) is 6.08.